The van der Waals surface area contributed by atoms with E-state index in [0.29, 0.717) is 6.54 Å². The molecule has 1 aromatic heterocycles. The van der Waals surface area contributed by atoms with Crippen molar-refractivity contribution in [1.82, 2.24) is 4.90 Å². The van der Waals surface area contributed by atoms with Gasteiger partial charge in [0.25, 0.3) is 0 Å². The summed E-state index contributed by atoms with van der Waals surface area (Å²) in [6.45, 7) is 6.27. The van der Waals surface area contributed by atoms with E-state index in [-0.39, 0.29) is 12.1 Å². The predicted molar refractivity (Wildman–Crippen MR) is 74.8 cm³/mol. The quantitative estimate of drug-likeness (QED) is 0.832. The summed E-state index contributed by atoms with van der Waals surface area (Å²) in [4.78, 5) is 3.43. The molecule has 0 spiro atoms. The van der Waals surface area contributed by atoms with Gasteiger partial charge in [-0.25, -0.2) is 0 Å². The maximum atomic E-state index is 5.94. The molecular weight excluding hydrogens is 256 g/mol. The van der Waals surface area contributed by atoms with Gasteiger partial charge in [-0.2, -0.15) is 0 Å². The van der Waals surface area contributed by atoms with Gasteiger partial charge in [0.05, 0.1) is 23.8 Å². The molecule has 0 saturated carbocycles. The van der Waals surface area contributed by atoms with Crippen molar-refractivity contribution in [2.75, 3.05) is 26.7 Å². The highest BCUT2D eigenvalue weighted by Gasteiger charge is 2.17. The van der Waals surface area contributed by atoms with Crippen molar-refractivity contribution in [2.24, 2.45) is 5.73 Å². The molecule has 0 saturated heterocycles. The van der Waals surface area contributed by atoms with Gasteiger partial charge in [0.1, 0.15) is 0 Å². The van der Waals surface area contributed by atoms with Gasteiger partial charge in [-0.3, -0.25) is 4.90 Å². The van der Waals surface area contributed by atoms with Crippen molar-refractivity contribution in [3.63, 3.8) is 0 Å². The van der Waals surface area contributed by atoms with Gasteiger partial charge in [0.15, 0.2) is 0 Å². The van der Waals surface area contributed by atoms with Crippen molar-refractivity contribution in [1.29, 1.82) is 0 Å². The summed E-state index contributed by atoms with van der Waals surface area (Å²) < 4.78 is 5.54. The van der Waals surface area contributed by atoms with E-state index in [1.54, 1.807) is 11.3 Å². The van der Waals surface area contributed by atoms with Crippen molar-refractivity contribution < 1.29 is 4.74 Å². The van der Waals surface area contributed by atoms with Crippen LogP contribution in [0.25, 0.3) is 0 Å². The highest BCUT2D eigenvalue weighted by atomic mass is 35.5. The van der Waals surface area contributed by atoms with Crippen LogP contribution in [0, 0.1) is 0 Å². The van der Waals surface area contributed by atoms with E-state index >= 15 is 0 Å². The molecule has 1 rings (SSSR count). The van der Waals surface area contributed by atoms with Gasteiger partial charge in [-0.1, -0.05) is 11.6 Å². The molecule has 98 valence electrons. The SMILES string of the molecule is CC(C)OCCN(C)C(CN)c1cc(Cl)cs1. The Hall–Kier alpha value is -0.130. The van der Waals surface area contributed by atoms with Gasteiger partial charge in [-0.05, 0) is 27.0 Å². The zero-order chi connectivity index (χ0) is 12.8. The first kappa shape index (κ1) is 14.9. The molecule has 0 aliphatic heterocycles. The Morgan fingerprint density at radius 1 is 1.53 bits per heavy atom. The minimum atomic E-state index is 0.225. The van der Waals surface area contributed by atoms with Crippen LogP contribution in [0.2, 0.25) is 5.02 Å². The zero-order valence-corrected chi connectivity index (χ0v) is 12.2. The Bertz CT molecular complexity index is 330. The standard InChI is InChI=1S/C12H21ClN2OS/c1-9(2)16-5-4-15(3)11(7-14)12-6-10(13)8-17-12/h6,8-9,11H,4-5,7,14H2,1-3H3. The first-order valence-corrected chi connectivity index (χ1v) is 7.06. The lowest BCUT2D eigenvalue weighted by Gasteiger charge is -2.26. The van der Waals surface area contributed by atoms with E-state index in [2.05, 4.69) is 11.9 Å². The number of nitrogens with two attached hydrogens (primary N) is 1. The molecule has 1 atom stereocenters. The normalized spacial score (nSPS) is 13.6. The first-order valence-electron chi connectivity index (χ1n) is 5.80. The van der Waals surface area contributed by atoms with Gasteiger partial charge in [0, 0.05) is 23.3 Å². The average Bonchev–Trinajstić information content (AvgIpc) is 2.65. The van der Waals surface area contributed by atoms with Crippen LogP contribution in [0.5, 0.6) is 0 Å². The minimum Gasteiger partial charge on any atom is -0.377 e. The number of halogens is 1. The topological polar surface area (TPSA) is 38.5 Å². The van der Waals surface area contributed by atoms with Gasteiger partial charge in [0.2, 0.25) is 0 Å². The van der Waals surface area contributed by atoms with E-state index in [9.17, 15) is 0 Å². The summed E-state index contributed by atoms with van der Waals surface area (Å²) in [6.07, 6.45) is 0.274. The van der Waals surface area contributed by atoms with Crippen LogP contribution in [-0.2, 0) is 4.74 Å². The molecule has 0 aliphatic carbocycles. The molecule has 0 aliphatic rings. The van der Waals surface area contributed by atoms with Crippen molar-refractivity contribution in [2.45, 2.75) is 26.0 Å². The number of thiophene rings is 1. The Labute approximate surface area is 113 Å². The second-order valence-corrected chi connectivity index (χ2v) is 5.70. The van der Waals surface area contributed by atoms with Crippen LogP contribution >= 0.6 is 22.9 Å². The lowest BCUT2D eigenvalue weighted by Crippen LogP contribution is -2.33. The maximum Gasteiger partial charge on any atom is 0.0597 e. The lowest BCUT2D eigenvalue weighted by atomic mass is 10.2. The molecule has 2 N–H and O–H groups in total. The number of likely N-dealkylation sites (N-methyl/N-ethyl adjacent to an activating group) is 1. The third-order valence-corrected chi connectivity index (χ3v) is 3.95. The molecule has 5 heteroatoms. The Balaban J connectivity index is 2.49. The Morgan fingerprint density at radius 2 is 2.24 bits per heavy atom. The van der Waals surface area contributed by atoms with Crippen LogP contribution in [0.1, 0.15) is 24.8 Å². The molecule has 0 fully saturated rings. The molecule has 1 heterocycles. The Morgan fingerprint density at radius 3 is 2.71 bits per heavy atom. The first-order chi connectivity index (χ1) is 8.04. The van der Waals surface area contributed by atoms with Gasteiger partial charge < -0.3 is 10.5 Å². The van der Waals surface area contributed by atoms with Crippen LogP contribution < -0.4 is 5.73 Å². The van der Waals surface area contributed by atoms with Gasteiger partial charge >= 0.3 is 0 Å². The highest BCUT2D eigenvalue weighted by molar-refractivity contribution is 7.10. The summed E-state index contributed by atoms with van der Waals surface area (Å²) in [5.41, 5.74) is 5.83. The fraction of sp³-hybridized carbons (Fsp3) is 0.667. The zero-order valence-electron chi connectivity index (χ0n) is 10.6. The van der Waals surface area contributed by atoms with Crippen molar-refractivity contribution in [3.8, 4) is 0 Å². The van der Waals surface area contributed by atoms with Crippen LogP contribution in [0.3, 0.4) is 0 Å². The van der Waals surface area contributed by atoms with E-state index in [0.717, 1.165) is 18.2 Å². The largest absolute Gasteiger partial charge is 0.377 e. The number of hydrogen-bond donors (Lipinski definition) is 1. The van der Waals surface area contributed by atoms with E-state index in [1.807, 2.05) is 25.3 Å². The molecule has 3 nitrogen and oxygen atoms in total. The second-order valence-electron chi connectivity index (χ2n) is 4.32. The molecule has 1 unspecified atom stereocenters. The fourth-order valence-corrected chi connectivity index (χ4v) is 2.87. The molecule has 0 amide bonds. The molecule has 17 heavy (non-hydrogen) atoms. The number of nitrogens with zero attached hydrogens (tertiary/aromatic N) is 1. The van der Waals surface area contributed by atoms with E-state index in [4.69, 9.17) is 22.1 Å². The third kappa shape index (κ3) is 4.94. The smallest absolute Gasteiger partial charge is 0.0597 e. The molecular formula is C12H21ClN2OS. The summed E-state index contributed by atoms with van der Waals surface area (Å²) in [6, 6.07) is 2.21. The van der Waals surface area contributed by atoms with E-state index in [1.165, 1.54) is 4.88 Å². The lowest BCUT2D eigenvalue weighted by molar-refractivity contribution is 0.0567. The summed E-state index contributed by atoms with van der Waals surface area (Å²) in [5.74, 6) is 0. The number of ether oxygens (including phenoxy) is 1. The average molecular weight is 277 g/mol. The number of hydrogen-bond acceptors (Lipinski definition) is 4. The van der Waals surface area contributed by atoms with Crippen LogP contribution in [-0.4, -0.2) is 37.7 Å². The number of rotatable bonds is 7. The Kier molecular flexibility index (Phi) is 6.44. The summed E-state index contributed by atoms with van der Waals surface area (Å²) >= 11 is 7.59. The predicted octanol–water partition coefficient (Wildman–Crippen LogP) is 2.76. The third-order valence-electron chi connectivity index (χ3n) is 2.57. The van der Waals surface area contributed by atoms with Crippen LogP contribution in [0.4, 0.5) is 0 Å². The summed E-state index contributed by atoms with van der Waals surface area (Å²) in [5, 5.41) is 2.73. The monoisotopic (exact) mass is 276 g/mol. The highest BCUT2D eigenvalue weighted by Crippen LogP contribution is 2.27. The fourth-order valence-electron chi connectivity index (χ4n) is 1.60. The molecule has 0 bridgehead atoms. The van der Waals surface area contributed by atoms with Crippen molar-refractivity contribution in [3.05, 3.63) is 21.3 Å². The second kappa shape index (κ2) is 7.34. The summed E-state index contributed by atoms with van der Waals surface area (Å²) in [7, 11) is 2.06. The molecule has 0 radical (unpaired) electrons. The maximum absolute atomic E-state index is 5.94. The minimum absolute atomic E-state index is 0.225. The molecule has 0 aromatic carbocycles. The van der Waals surface area contributed by atoms with Crippen LogP contribution in [0.15, 0.2) is 11.4 Å². The van der Waals surface area contributed by atoms with Gasteiger partial charge in [-0.15, -0.1) is 11.3 Å². The van der Waals surface area contributed by atoms with Crippen molar-refractivity contribution >= 4 is 22.9 Å². The van der Waals surface area contributed by atoms with E-state index < -0.39 is 0 Å². The molecule has 1 aromatic rings.